The van der Waals surface area contributed by atoms with E-state index < -0.39 is 26.0 Å². The first-order valence-corrected chi connectivity index (χ1v) is 9.91. The first-order valence-electron chi connectivity index (χ1n) is 6.95. The number of nitrogen functional groups attached to an aromatic ring is 2. The molecule has 2 aliphatic rings. The predicted octanol–water partition coefficient (Wildman–Crippen LogP) is 0.212. The van der Waals surface area contributed by atoms with Crippen LogP contribution in [0.15, 0.2) is 46.2 Å². The van der Waals surface area contributed by atoms with Gasteiger partial charge in [0.1, 0.15) is 4.90 Å². The molecule has 0 aromatic heterocycles. The number of rotatable bonds is 0. The largest absolute Gasteiger partial charge is 0.399 e. The summed E-state index contributed by atoms with van der Waals surface area (Å²) in [5.74, 6) is -0.623. The van der Waals surface area contributed by atoms with Crippen LogP contribution >= 0.6 is 0 Å². The SMILES string of the molecule is Nc1ccc2c(c1)C(=O)NS2(=O)=O.Nc1ccc2c(c1)CNS2(=O)=O.[CH3-]. The van der Waals surface area contributed by atoms with E-state index in [1.54, 1.807) is 12.1 Å². The van der Waals surface area contributed by atoms with Gasteiger partial charge in [-0.05, 0) is 42.0 Å². The monoisotopic (exact) mass is 397 g/mol. The summed E-state index contributed by atoms with van der Waals surface area (Å²) < 4.78 is 49.1. The second-order valence-electron chi connectivity index (χ2n) is 5.38. The van der Waals surface area contributed by atoms with Gasteiger partial charge in [0.05, 0.1) is 10.5 Å². The molecule has 2 heterocycles. The molecule has 2 aromatic carbocycles. The maximum absolute atomic E-state index is 11.2. The molecule has 26 heavy (non-hydrogen) atoms. The third-order valence-electron chi connectivity index (χ3n) is 3.59. The van der Waals surface area contributed by atoms with Gasteiger partial charge in [0.2, 0.25) is 10.0 Å². The van der Waals surface area contributed by atoms with Crippen molar-refractivity contribution in [2.45, 2.75) is 16.3 Å². The molecular weight excluding hydrogens is 380 g/mol. The number of carbonyl (C=O) groups is 1. The maximum atomic E-state index is 11.2. The Hall–Kier alpha value is -2.63. The molecule has 2 aliphatic heterocycles. The summed E-state index contributed by atoms with van der Waals surface area (Å²) in [7, 11) is -6.85. The van der Waals surface area contributed by atoms with Crippen molar-refractivity contribution < 1.29 is 21.6 Å². The van der Waals surface area contributed by atoms with Crippen molar-refractivity contribution in [3.05, 3.63) is 55.0 Å². The van der Waals surface area contributed by atoms with Gasteiger partial charge in [-0.3, -0.25) is 4.79 Å². The molecule has 0 saturated carbocycles. The summed E-state index contributed by atoms with van der Waals surface area (Å²) in [6, 6.07) is 8.89. The molecule has 11 heteroatoms. The first kappa shape index (κ1) is 19.7. The van der Waals surface area contributed by atoms with E-state index in [-0.39, 0.29) is 17.9 Å². The Kier molecular flexibility index (Phi) is 4.99. The molecule has 0 radical (unpaired) electrons. The summed E-state index contributed by atoms with van der Waals surface area (Å²) in [6.07, 6.45) is 0. The molecule has 6 N–H and O–H groups in total. The summed E-state index contributed by atoms with van der Waals surface area (Å²) in [4.78, 5) is 11.4. The van der Waals surface area contributed by atoms with E-state index >= 15 is 0 Å². The van der Waals surface area contributed by atoms with Crippen LogP contribution in [0, 0.1) is 7.43 Å². The second kappa shape index (κ2) is 6.59. The quantitative estimate of drug-likeness (QED) is 0.365. The number of benzene rings is 2. The molecule has 0 unspecified atom stereocenters. The topological polar surface area (TPSA) is 161 Å². The van der Waals surface area contributed by atoms with Gasteiger partial charge in [-0.2, -0.15) is 0 Å². The Balaban J connectivity index is 0.000000180. The second-order valence-corrected chi connectivity index (χ2v) is 8.77. The lowest BCUT2D eigenvalue weighted by Crippen LogP contribution is -2.20. The minimum absolute atomic E-state index is 0. The molecule has 0 fully saturated rings. The number of sulfonamides is 2. The number of hydrogen-bond donors (Lipinski definition) is 4. The Labute approximate surface area is 151 Å². The van der Waals surface area contributed by atoms with Crippen LogP contribution in [0.5, 0.6) is 0 Å². The molecule has 140 valence electrons. The lowest BCUT2D eigenvalue weighted by molar-refractivity contribution is 0.0985. The van der Waals surface area contributed by atoms with Crippen LogP contribution in [-0.2, 0) is 26.6 Å². The Morgan fingerprint density at radius 3 is 2.08 bits per heavy atom. The fraction of sp³-hybridized carbons (Fsp3) is 0.0667. The summed E-state index contributed by atoms with van der Waals surface area (Å²) >= 11 is 0. The highest BCUT2D eigenvalue weighted by Gasteiger charge is 2.32. The zero-order valence-electron chi connectivity index (χ0n) is 13.7. The highest BCUT2D eigenvalue weighted by atomic mass is 32.2. The number of nitrogens with one attached hydrogen (secondary N) is 2. The molecule has 2 aromatic rings. The first-order chi connectivity index (χ1) is 11.6. The Bertz CT molecular complexity index is 1100. The number of carbonyl (C=O) groups excluding carboxylic acids is 1. The van der Waals surface area contributed by atoms with Gasteiger partial charge in [-0.15, -0.1) is 0 Å². The molecule has 1 amide bonds. The fourth-order valence-corrected chi connectivity index (χ4v) is 4.82. The predicted molar refractivity (Wildman–Crippen MR) is 96.8 cm³/mol. The van der Waals surface area contributed by atoms with E-state index in [9.17, 15) is 21.6 Å². The molecular formula is C15H17N4O5S2-. The van der Waals surface area contributed by atoms with Gasteiger partial charge >= 0.3 is 0 Å². The lowest BCUT2D eigenvalue weighted by Gasteiger charge is -1.96. The van der Waals surface area contributed by atoms with Crippen molar-refractivity contribution in [1.29, 1.82) is 0 Å². The van der Waals surface area contributed by atoms with Crippen LogP contribution in [0.25, 0.3) is 0 Å². The molecule has 9 nitrogen and oxygen atoms in total. The summed E-state index contributed by atoms with van der Waals surface area (Å²) in [5.41, 5.74) is 12.7. The van der Waals surface area contributed by atoms with Gasteiger partial charge in [0.15, 0.2) is 0 Å². The smallest absolute Gasteiger partial charge is 0.266 e. The average molecular weight is 397 g/mol. The third kappa shape index (κ3) is 3.49. The van der Waals surface area contributed by atoms with Gasteiger partial charge in [0.25, 0.3) is 15.9 Å². The third-order valence-corrected chi connectivity index (χ3v) is 6.48. The van der Waals surface area contributed by atoms with Crippen LogP contribution in [-0.4, -0.2) is 22.7 Å². The molecule has 0 bridgehead atoms. The van der Waals surface area contributed by atoms with Crippen molar-refractivity contribution in [1.82, 2.24) is 9.44 Å². The molecule has 0 aliphatic carbocycles. The minimum atomic E-state index is -3.63. The summed E-state index contributed by atoms with van der Waals surface area (Å²) in [6.45, 7) is 0.350. The van der Waals surface area contributed by atoms with Crippen LogP contribution in [0.3, 0.4) is 0 Å². The number of anilines is 2. The van der Waals surface area contributed by atoms with E-state index in [0.717, 1.165) is 5.56 Å². The van der Waals surface area contributed by atoms with Crippen molar-refractivity contribution in [3.63, 3.8) is 0 Å². The average Bonchev–Trinajstić information content (AvgIpc) is 2.93. The van der Waals surface area contributed by atoms with Gasteiger partial charge < -0.3 is 18.9 Å². The van der Waals surface area contributed by atoms with Crippen molar-refractivity contribution in [2.24, 2.45) is 0 Å². The molecule has 0 atom stereocenters. The van der Waals surface area contributed by atoms with Crippen LogP contribution in [0.4, 0.5) is 11.4 Å². The van der Waals surface area contributed by atoms with E-state index in [1.165, 1.54) is 24.3 Å². The van der Waals surface area contributed by atoms with Gasteiger partial charge in [-0.1, -0.05) is 0 Å². The number of fused-ring (bicyclic) bond motifs is 2. The van der Waals surface area contributed by atoms with Crippen molar-refractivity contribution >= 4 is 37.3 Å². The number of amides is 1. The molecule has 0 saturated heterocycles. The van der Waals surface area contributed by atoms with Crippen LogP contribution < -0.4 is 20.9 Å². The van der Waals surface area contributed by atoms with Gasteiger partial charge in [-0.25, -0.2) is 26.3 Å². The highest BCUT2D eigenvalue weighted by molar-refractivity contribution is 7.90. The fourth-order valence-electron chi connectivity index (χ4n) is 2.44. The normalized spacial score (nSPS) is 17.8. The van der Waals surface area contributed by atoms with Crippen LogP contribution in [0.1, 0.15) is 15.9 Å². The molecule has 0 spiro atoms. The lowest BCUT2D eigenvalue weighted by atomic mass is 10.2. The maximum Gasteiger partial charge on any atom is 0.266 e. The molecule has 4 rings (SSSR count). The van der Waals surface area contributed by atoms with Gasteiger partial charge in [0, 0.05) is 17.9 Å². The van der Waals surface area contributed by atoms with E-state index in [2.05, 4.69) is 4.72 Å². The zero-order chi connectivity index (χ0) is 18.4. The van der Waals surface area contributed by atoms with Crippen molar-refractivity contribution in [3.8, 4) is 0 Å². The summed E-state index contributed by atoms with van der Waals surface area (Å²) in [5, 5.41) is 0. The minimum Gasteiger partial charge on any atom is -0.399 e. The van der Waals surface area contributed by atoms with E-state index in [4.69, 9.17) is 11.5 Å². The number of nitrogens with two attached hydrogens (primary N) is 2. The van der Waals surface area contributed by atoms with Crippen molar-refractivity contribution in [2.75, 3.05) is 11.5 Å². The zero-order valence-corrected chi connectivity index (χ0v) is 15.3. The van der Waals surface area contributed by atoms with E-state index in [1.807, 2.05) is 4.72 Å². The van der Waals surface area contributed by atoms with Crippen LogP contribution in [0.2, 0.25) is 0 Å². The number of hydrogen-bond acceptors (Lipinski definition) is 7. The Morgan fingerprint density at radius 1 is 0.846 bits per heavy atom. The highest BCUT2D eigenvalue weighted by Crippen LogP contribution is 2.24. The van der Waals surface area contributed by atoms with E-state index in [0.29, 0.717) is 22.8 Å². The Morgan fingerprint density at radius 2 is 1.42 bits per heavy atom. The standard InChI is InChI=1S/C7H6N2O3S.C7H8N2O2S.CH3/c8-4-1-2-6-5(3-4)7(10)9-13(6,11)12;8-6-1-2-7-5(3-6)4-9-12(7,10)11;/h1-3H,8H2,(H,9,10);1-3,9H,4,8H2;1H3/q;;-1.